The van der Waals surface area contributed by atoms with Crippen molar-refractivity contribution in [3.63, 3.8) is 0 Å². The first-order chi connectivity index (χ1) is 15.7. The van der Waals surface area contributed by atoms with Crippen LogP contribution in [-0.2, 0) is 11.2 Å². The Morgan fingerprint density at radius 1 is 1.12 bits per heavy atom. The zero-order chi connectivity index (χ0) is 22.3. The van der Waals surface area contributed by atoms with Gasteiger partial charge < -0.3 is 10.4 Å². The summed E-state index contributed by atoms with van der Waals surface area (Å²) in [5.41, 5.74) is 4.78. The molecule has 1 saturated heterocycles. The van der Waals surface area contributed by atoms with Crippen molar-refractivity contribution in [2.75, 3.05) is 13.1 Å². The van der Waals surface area contributed by atoms with Crippen molar-refractivity contribution in [1.29, 1.82) is 0 Å². The number of carbonyl (C=O) groups is 1. The fraction of sp³-hybridized carbons (Fsp3) is 0.440. The van der Waals surface area contributed by atoms with Crippen LogP contribution in [0.4, 0.5) is 0 Å². The van der Waals surface area contributed by atoms with Crippen LogP contribution in [0.5, 0.6) is 0 Å². The number of tetrazole rings is 1. The molecule has 1 aliphatic rings. The number of nitrogens with one attached hydrogen (secondary N) is 2. The first kappa shape index (κ1) is 22.1. The van der Waals surface area contributed by atoms with E-state index >= 15 is 0 Å². The fourth-order valence-corrected chi connectivity index (χ4v) is 4.78. The highest BCUT2D eigenvalue weighted by Gasteiger charge is 2.32. The number of nitrogens with zero attached hydrogens (tertiary/aromatic N) is 3. The van der Waals surface area contributed by atoms with Crippen LogP contribution in [0.3, 0.4) is 0 Å². The first-order valence-electron chi connectivity index (χ1n) is 11.5. The molecule has 0 aliphatic carbocycles. The second kappa shape index (κ2) is 10.5. The van der Waals surface area contributed by atoms with Crippen LogP contribution in [0.1, 0.15) is 61.4 Å². The second-order valence-electron chi connectivity index (χ2n) is 8.66. The largest absolute Gasteiger partial charge is 0.481 e. The Labute approximate surface area is 188 Å². The van der Waals surface area contributed by atoms with E-state index in [0.717, 1.165) is 30.6 Å². The highest BCUT2D eigenvalue weighted by molar-refractivity contribution is 5.71. The van der Waals surface area contributed by atoms with Gasteiger partial charge in [-0.25, -0.2) is 0 Å². The number of aromatic nitrogens is 4. The second-order valence-corrected chi connectivity index (χ2v) is 8.66. The SMILES string of the molecule is CCCC(C(=O)O)C(Cc1cccc(-c2ccc(C3CCNCC3)cc2)c1)c1nn[nH]n1. The fourth-order valence-electron chi connectivity index (χ4n) is 4.78. The molecule has 168 valence electrons. The van der Waals surface area contributed by atoms with Crippen LogP contribution in [0.25, 0.3) is 11.1 Å². The Balaban J connectivity index is 1.55. The van der Waals surface area contributed by atoms with E-state index in [1.165, 1.54) is 24.0 Å². The zero-order valence-corrected chi connectivity index (χ0v) is 18.5. The van der Waals surface area contributed by atoms with Gasteiger partial charge in [-0.1, -0.05) is 67.1 Å². The molecule has 0 bridgehead atoms. The number of piperidine rings is 1. The lowest BCUT2D eigenvalue weighted by molar-refractivity contribution is -0.142. The molecule has 3 aromatic rings. The van der Waals surface area contributed by atoms with Crippen LogP contribution >= 0.6 is 0 Å². The maximum absolute atomic E-state index is 12.0. The van der Waals surface area contributed by atoms with E-state index in [-0.39, 0.29) is 5.92 Å². The molecule has 2 aromatic carbocycles. The Kier molecular flexibility index (Phi) is 7.27. The molecule has 0 radical (unpaired) electrons. The number of carboxylic acid groups (broad SMARTS) is 1. The summed E-state index contributed by atoms with van der Waals surface area (Å²) in [6.07, 6.45) is 4.29. The van der Waals surface area contributed by atoms with Gasteiger partial charge in [-0.05, 0) is 66.9 Å². The normalized spacial score (nSPS) is 16.5. The predicted octanol–water partition coefficient (Wildman–Crippen LogP) is 4.16. The molecule has 1 aliphatic heterocycles. The lowest BCUT2D eigenvalue weighted by Crippen LogP contribution is -2.26. The van der Waals surface area contributed by atoms with E-state index in [1.54, 1.807) is 0 Å². The average molecular weight is 434 g/mol. The smallest absolute Gasteiger partial charge is 0.307 e. The maximum atomic E-state index is 12.0. The maximum Gasteiger partial charge on any atom is 0.307 e. The number of H-pyrrole nitrogens is 1. The Morgan fingerprint density at radius 2 is 1.91 bits per heavy atom. The minimum atomic E-state index is -0.814. The quantitative estimate of drug-likeness (QED) is 0.468. The zero-order valence-electron chi connectivity index (χ0n) is 18.5. The van der Waals surface area contributed by atoms with Crippen LogP contribution in [0.2, 0.25) is 0 Å². The summed E-state index contributed by atoms with van der Waals surface area (Å²) in [4.78, 5) is 12.0. The van der Waals surface area contributed by atoms with Gasteiger partial charge in [-0.15, -0.1) is 10.2 Å². The molecule has 3 N–H and O–H groups in total. The van der Waals surface area contributed by atoms with Gasteiger partial charge in [0.15, 0.2) is 5.82 Å². The van der Waals surface area contributed by atoms with Crippen LogP contribution in [0, 0.1) is 5.92 Å². The van der Waals surface area contributed by atoms with Crippen LogP contribution in [-0.4, -0.2) is 44.8 Å². The number of benzene rings is 2. The summed E-state index contributed by atoms with van der Waals surface area (Å²) >= 11 is 0. The highest BCUT2D eigenvalue weighted by atomic mass is 16.4. The van der Waals surface area contributed by atoms with Gasteiger partial charge in [0.2, 0.25) is 0 Å². The van der Waals surface area contributed by atoms with Gasteiger partial charge in [-0.2, -0.15) is 5.21 Å². The molecule has 0 saturated carbocycles. The van der Waals surface area contributed by atoms with E-state index in [0.29, 0.717) is 24.6 Å². The van der Waals surface area contributed by atoms with Gasteiger partial charge >= 0.3 is 5.97 Å². The minimum absolute atomic E-state index is 0.330. The van der Waals surface area contributed by atoms with Gasteiger partial charge in [0, 0.05) is 5.92 Å². The molecule has 4 rings (SSSR count). The lowest BCUT2D eigenvalue weighted by atomic mass is 9.83. The summed E-state index contributed by atoms with van der Waals surface area (Å²) in [5, 5.41) is 27.6. The lowest BCUT2D eigenvalue weighted by Gasteiger charge is -2.23. The molecule has 7 heteroatoms. The van der Waals surface area contributed by atoms with E-state index in [9.17, 15) is 9.90 Å². The summed E-state index contributed by atoms with van der Waals surface area (Å²) < 4.78 is 0. The van der Waals surface area contributed by atoms with Gasteiger partial charge in [0.25, 0.3) is 0 Å². The molecule has 2 unspecified atom stereocenters. The molecule has 7 nitrogen and oxygen atoms in total. The molecular formula is C25H31N5O2. The summed E-state index contributed by atoms with van der Waals surface area (Å²) in [6.45, 7) is 4.17. The number of aromatic amines is 1. The molecule has 1 fully saturated rings. The molecule has 0 spiro atoms. The van der Waals surface area contributed by atoms with Crippen LogP contribution in [0.15, 0.2) is 48.5 Å². The van der Waals surface area contributed by atoms with Crippen molar-refractivity contribution in [3.05, 3.63) is 65.5 Å². The van der Waals surface area contributed by atoms with Crippen molar-refractivity contribution in [3.8, 4) is 11.1 Å². The Bertz CT molecular complexity index is 997. The summed E-state index contributed by atoms with van der Waals surface area (Å²) in [5.74, 6) is -0.595. The standard InChI is InChI=1S/C25H31N5O2/c1-2-4-22(25(31)32)23(24-27-29-30-28-24)16-17-5-3-6-21(15-17)19-9-7-18(8-10-19)20-11-13-26-14-12-20/h3,5-10,15,20,22-23,26H,2,4,11-14,16H2,1H3,(H,31,32)(H,27,28,29,30). The number of hydrogen-bond acceptors (Lipinski definition) is 5. The predicted molar refractivity (Wildman–Crippen MR) is 123 cm³/mol. The molecule has 2 atom stereocenters. The molecule has 0 amide bonds. The monoisotopic (exact) mass is 433 g/mol. The van der Waals surface area contributed by atoms with Crippen molar-refractivity contribution in [2.45, 2.75) is 50.9 Å². The van der Waals surface area contributed by atoms with Gasteiger partial charge in [-0.3, -0.25) is 4.79 Å². The number of hydrogen-bond donors (Lipinski definition) is 3. The van der Waals surface area contributed by atoms with Gasteiger partial charge in [0.05, 0.1) is 5.92 Å². The van der Waals surface area contributed by atoms with Crippen molar-refractivity contribution >= 4 is 5.97 Å². The van der Waals surface area contributed by atoms with Crippen molar-refractivity contribution in [2.24, 2.45) is 5.92 Å². The third-order valence-electron chi connectivity index (χ3n) is 6.53. The van der Waals surface area contributed by atoms with Crippen molar-refractivity contribution < 1.29 is 9.90 Å². The van der Waals surface area contributed by atoms with E-state index in [4.69, 9.17) is 0 Å². The molecule has 2 heterocycles. The van der Waals surface area contributed by atoms with E-state index in [1.807, 2.05) is 19.1 Å². The number of rotatable bonds is 9. The summed E-state index contributed by atoms with van der Waals surface area (Å²) in [6, 6.07) is 17.2. The topological polar surface area (TPSA) is 104 Å². The third kappa shape index (κ3) is 5.22. The third-order valence-corrected chi connectivity index (χ3v) is 6.53. The van der Waals surface area contributed by atoms with Gasteiger partial charge in [0.1, 0.15) is 0 Å². The van der Waals surface area contributed by atoms with Crippen molar-refractivity contribution in [1.82, 2.24) is 25.9 Å². The number of carboxylic acids is 1. The Morgan fingerprint density at radius 3 is 2.56 bits per heavy atom. The first-order valence-corrected chi connectivity index (χ1v) is 11.5. The molecular weight excluding hydrogens is 402 g/mol. The Hall–Kier alpha value is -3.06. The minimum Gasteiger partial charge on any atom is -0.481 e. The average Bonchev–Trinajstić information content (AvgIpc) is 3.37. The van der Waals surface area contributed by atoms with Crippen LogP contribution < -0.4 is 5.32 Å². The molecule has 32 heavy (non-hydrogen) atoms. The summed E-state index contributed by atoms with van der Waals surface area (Å²) in [7, 11) is 0. The van der Waals surface area contributed by atoms with E-state index in [2.05, 4.69) is 62.3 Å². The highest BCUT2D eigenvalue weighted by Crippen LogP contribution is 2.32. The number of aliphatic carboxylic acids is 1. The van der Waals surface area contributed by atoms with E-state index < -0.39 is 11.9 Å². The molecule has 1 aromatic heterocycles.